The van der Waals surface area contributed by atoms with Gasteiger partial charge in [-0.1, -0.05) is 0 Å². The van der Waals surface area contributed by atoms with Gasteiger partial charge in [-0.2, -0.15) is 0 Å². The summed E-state index contributed by atoms with van der Waals surface area (Å²) in [5.41, 5.74) is 2.99. The smallest absolute Gasteiger partial charge is 0.177 e. The van der Waals surface area contributed by atoms with E-state index in [1.807, 2.05) is 13.1 Å². The topological polar surface area (TPSA) is 53.6 Å². The summed E-state index contributed by atoms with van der Waals surface area (Å²) in [7, 11) is 0. The van der Waals surface area contributed by atoms with Crippen LogP contribution in [0.1, 0.15) is 37.6 Å². The number of aromatic nitrogens is 3. The van der Waals surface area contributed by atoms with E-state index in [2.05, 4.69) is 33.3 Å². The van der Waals surface area contributed by atoms with Crippen molar-refractivity contribution in [1.29, 1.82) is 0 Å². The van der Waals surface area contributed by atoms with Crippen molar-refractivity contribution in [3.05, 3.63) is 23.7 Å². The number of imidazole rings is 1. The Hall–Kier alpha value is -1.42. The number of nitrogens with zero attached hydrogens (tertiary/aromatic N) is 2. The highest BCUT2D eigenvalue weighted by Gasteiger charge is 2.31. The van der Waals surface area contributed by atoms with E-state index in [1.165, 1.54) is 12.8 Å². The summed E-state index contributed by atoms with van der Waals surface area (Å²) in [6, 6.07) is 2.10. The first-order chi connectivity index (χ1) is 8.17. The van der Waals surface area contributed by atoms with Gasteiger partial charge in [0.25, 0.3) is 0 Å². The molecule has 0 amide bonds. The van der Waals surface area contributed by atoms with E-state index in [0.717, 1.165) is 35.5 Å². The fourth-order valence-electron chi connectivity index (χ4n) is 2.52. The lowest BCUT2D eigenvalue weighted by molar-refractivity contribution is 0.271. The van der Waals surface area contributed by atoms with Crippen LogP contribution in [0.3, 0.4) is 0 Å². The van der Waals surface area contributed by atoms with Gasteiger partial charge in [0.15, 0.2) is 5.65 Å². The number of hydrogen-bond donors (Lipinski definition) is 2. The minimum Gasteiger partial charge on any atom is -0.339 e. The third kappa shape index (κ3) is 1.82. The van der Waals surface area contributed by atoms with Crippen LogP contribution >= 0.6 is 0 Å². The van der Waals surface area contributed by atoms with Crippen LogP contribution in [0.4, 0.5) is 0 Å². The average Bonchev–Trinajstić information content (AvgIpc) is 2.73. The van der Waals surface area contributed by atoms with Gasteiger partial charge in [-0.15, -0.1) is 0 Å². The number of fused-ring (bicyclic) bond motifs is 1. The number of nitrogens with one attached hydrogen (secondary N) is 2. The van der Waals surface area contributed by atoms with E-state index >= 15 is 0 Å². The first kappa shape index (κ1) is 10.7. The molecule has 90 valence electrons. The van der Waals surface area contributed by atoms with Crippen LogP contribution in [0.2, 0.25) is 0 Å². The molecular formula is C13H18N4. The van der Waals surface area contributed by atoms with Gasteiger partial charge in [0.05, 0.1) is 11.1 Å². The molecule has 4 heteroatoms. The summed E-state index contributed by atoms with van der Waals surface area (Å²) in [6.45, 7) is 5.34. The molecule has 0 aromatic carbocycles. The number of rotatable bonds is 1. The molecule has 0 spiro atoms. The van der Waals surface area contributed by atoms with E-state index < -0.39 is 0 Å². The van der Waals surface area contributed by atoms with Crippen LogP contribution in [0.5, 0.6) is 0 Å². The Morgan fingerprint density at radius 2 is 2.24 bits per heavy atom. The predicted molar refractivity (Wildman–Crippen MR) is 67.8 cm³/mol. The summed E-state index contributed by atoms with van der Waals surface area (Å²) in [4.78, 5) is 12.4. The summed E-state index contributed by atoms with van der Waals surface area (Å²) >= 11 is 0. The molecule has 1 fully saturated rings. The molecular weight excluding hydrogens is 212 g/mol. The van der Waals surface area contributed by atoms with Crippen molar-refractivity contribution in [3.8, 4) is 0 Å². The highest BCUT2D eigenvalue weighted by molar-refractivity contribution is 5.71. The quantitative estimate of drug-likeness (QED) is 0.790. The highest BCUT2D eigenvalue weighted by Crippen LogP contribution is 2.28. The normalized spacial score (nSPS) is 25.3. The van der Waals surface area contributed by atoms with Gasteiger partial charge >= 0.3 is 0 Å². The number of pyridine rings is 1. The molecule has 2 aromatic heterocycles. The predicted octanol–water partition coefficient (Wildman–Crippen LogP) is 2.26. The lowest BCUT2D eigenvalue weighted by Crippen LogP contribution is -2.44. The van der Waals surface area contributed by atoms with Crippen molar-refractivity contribution in [2.24, 2.45) is 0 Å². The first-order valence-corrected chi connectivity index (χ1v) is 6.25. The molecule has 0 bridgehead atoms. The summed E-state index contributed by atoms with van der Waals surface area (Å²) in [6.07, 6.45) is 5.51. The molecule has 4 nitrogen and oxygen atoms in total. The second-order valence-corrected chi connectivity index (χ2v) is 5.19. The second-order valence-electron chi connectivity index (χ2n) is 5.19. The minimum absolute atomic E-state index is 0.0210. The zero-order valence-corrected chi connectivity index (χ0v) is 10.4. The van der Waals surface area contributed by atoms with Crippen LogP contribution in [-0.4, -0.2) is 21.5 Å². The Morgan fingerprint density at radius 1 is 1.35 bits per heavy atom. The second kappa shape index (κ2) is 3.81. The third-order valence-electron chi connectivity index (χ3n) is 3.62. The highest BCUT2D eigenvalue weighted by atomic mass is 15.1. The number of hydrogen-bond acceptors (Lipinski definition) is 3. The standard InChI is InChI=1S/C13H18N4/c1-9-7-10-11(14-8-9)17-12(16-10)13(2)5-3-4-6-15-13/h7-8,15H,3-6H2,1-2H3,(H,14,16,17). The number of piperidine rings is 1. The number of aryl methyl sites for hydroxylation is 1. The van der Waals surface area contributed by atoms with Crippen molar-refractivity contribution in [2.75, 3.05) is 6.54 Å². The Labute approximate surface area is 101 Å². The maximum Gasteiger partial charge on any atom is 0.177 e. The molecule has 1 aliphatic heterocycles. The van der Waals surface area contributed by atoms with Gasteiger partial charge in [0, 0.05) is 6.20 Å². The summed E-state index contributed by atoms with van der Waals surface area (Å²) in [5, 5.41) is 3.57. The SMILES string of the molecule is Cc1cnc2nc(C3(C)CCCCN3)[nH]c2c1. The maximum atomic E-state index is 4.62. The summed E-state index contributed by atoms with van der Waals surface area (Å²) in [5.74, 6) is 1.02. The molecule has 1 unspecified atom stereocenters. The van der Waals surface area contributed by atoms with Crippen molar-refractivity contribution < 1.29 is 0 Å². The van der Waals surface area contributed by atoms with E-state index in [9.17, 15) is 0 Å². The van der Waals surface area contributed by atoms with Crippen LogP contribution in [0.15, 0.2) is 12.3 Å². The Morgan fingerprint density at radius 3 is 3.00 bits per heavy atom. The summed E-state index contributed by atoms with van der Waals surface area (Å²) < 4.78 is 0. The van der Waals surface area contributed by atoms with Crippen molar-refractivity contribution in [1.82, 2.24) is 20.3 Å². The van der Waals surface area contributed by atoms with Gasteiger partial charge < -0.3 is 10.3 Å². The molecule has 2 N–H and O–H groups in total. The molecule has 3 rings (SSSR count). The van der Waals surface area contributed by atoms with Crippen molar-refractivity contribution in [3.63, 3.8) is 0 Å². The van der Waals surface area contributed by atoms with E-state index in [4.69, 9.17) is 0 Å². The lowest BCUT2D eigenvalue weighted by atomic mass is 9.90. The molecule has 0 aliphatic carbocycles. The molecule has 0 radical (unpaired) electrons. The minimum atomic E-state index is -0.0210. The fourth-order valence-corrected chi connectivity index (χ4v) is 2.52. The Bertz CT molecular complexity index is 537. The molecule has 1 atom stereocenters. The van der Waals surface area contributed by atoms with Gasteiger partial charge in [0.2, 0.25) is 0 Å². The largest absolute Gasteiger partial charge is 0.339 e. The average molecular weight is 230 g/mol. The van der Waals surface area contributed by atoms with Gasteiger partial charge in [-0.25, -0.2) is 9.97 Å². The van der Waals surface area contributed by atoms with E-state index in [0.29, 0.717) is 0 Å². The number of aromatic amines is 1. The monoisotopic (exact) mass is 230 g/mol. The van der Waals surface area contributed by atoms with Crippen LogP contribution < -0.4 is 5.32 Å². The van der Waals surface area contributed by atoms with Crippen molar-refractivity contribution in [2.45, 2.75) is 38.6 Å². The molecule has 1 aliphatic rings. The maximum absolute atomic E-state index is 4.62. The van der Waals surface area contributed by atoms with E-state index in [1.54, 1.807) is 0 Å². The van der Waals surface area contributed by atoms with Gasteiger partial charge in [-0.05, 0) is 51.3 Å². The fraction of sp³-hybridized carbons (Fsp3) is 0.538. The van der Waals surface area contributed by atoms with Crippen LogP contribution in [0.25, 0.3) is 11.2 Å². The molecule has 3 heterocycles. The van der Waals surface area contributed by atoms with Gasteiger partial charge in [-0.3, -0.25) is 0 Å². The van der Waals surface area contributed by atoms with Gasteiger partial charge in [0.1, 0.15) is 5.82 Å². The number of H-pyrrole nitrogens is 1. The van der Waals surface area contributed by atoms with E-state index in [-0.39, 0.29) is 5.54 Å². The Kier molecular flexibility index (Phi) is 2.40. The van der Waals surface area contributed by atoms with Crippen LogP contribution in [0, 0.1) is 6.92 Å². The van der Waals surface area contributed by atoms with Crippen LogP contribution in [-0.2, 0) is 5.54 Å². The zero-order chi connectivity index (χ0) is 11.9. The molecule has 2 aromatic rings. The first-order valence-electron chi connectivity index (χ1n) is 6.25. The lowest BCUT2D eigenvalue weighted by Gasteiger charge is -2.32. The molecule has 1 saturated heterocycles. The zero-order valence-electron chi connectivity index (χ0n) is 10.4. The molecule has 17 heavy (non-hydrogen) atoms. The van der Waals surface area contributed by atoms with Crippen molar-refractivity contribution >= 4 is 11.2 Å². The Balaban J connectivity index is 2.05. The third-order valence-corrected chi connectivity index (χ3v) is 3.62. The molecule has 0 saturated carbocycles.